The SMILES string of the molecule is CCc1cccc(NC(=O)CNC(c2ccccc2)C(F)(F)F)c1. The number of carbonyl (C=O) groups is 1. The molecular weight excluding hydrogens is 317 g/mol. The molecule has 0 aliphatic rings. The van der Waals surface area contributed by atoms with Crippen LogP contribution in [-0.4, -0.2) is 18.6 Å². The molecule has 0 fully saturated rings. The molecule has 6 heteroatoms. The van der Waals surface area contributed by atoms with Gasteiger partial charge in [0.15, 0.2) is 0 Å². The second-order valence-electron chi connectivity index (χ2n) is 5.37. The van der Waals surface area contributed by atoms with E-state index in [1.807, 2.05) is 13.0 Å². The van der Waals surface area contributed by atoms with Crippen LogP contribution in [0.3, 0.4) is 0 Å². The number of rotatable bonds is 6. The summed E-state index contributed by atoms with van der Waals surface area (Å²) in [5, 5.41) is 4.89. The highest BCUT2D eigenvalue weighted by molar-refractivity contribution is 5.92. The third-order valence-electron chi connectivity index (χ3n) is 3.55. The van der Waals surface area contributed by atoms with Crippen molar-refractivity contribution in [2.24, 2.45) is 0 Å². The Labute approximate surface area is 138 Å². The number of anilines is 1. The first-order valence-corrected chi connectivity index (χ1v) is 7.64. The quantitative estimate of drug-likeness (QED) is 0.834. The lowest BCUT2D eigenvalue weighted by Crippen LogP contribution is -2.38. The van der Waals surface area contributed by atoms with E-state index >= 15 is 0 Å². The Balaban J connectivity index is 2.00. The Morgan fingerprint density at radius 3 is 2.42 bits per heavy atom. The molecule has 0 aliphatic heterocycles. The van der Waals surface area contributed by atoms with Gasteiger partial charge in [-0.25, -0.2) is 0 Å². The average Bonchev–Trinajstić information content (AvgIpc) is 2.55. The van der Waals surface area contributed by atoms with E-state index in [-0.39, 0.29) is 5.56 Å². The maximum Gasteiger partial charge on any atom is 0.407 e. The zero-order valence-electron chi connectivity index (χ0n) is 13.2. The van der Waals surface area contributed by atoms with Gasteiger partial charge in [0.05, 0.1) is 6.54 Å². The van der Waals surface area contributed by atoms with Crippen LogP contribution in [0.25, 0.3) is 0 Å². The molecule has 0 saturated carbocycles. The number of hydrogen-bond acceptors (Lipinski definition) is 2. The summed E-state index contributed by atoms with van der Waals surface area (Å²) >= 11 is 0. The van der Waals surface area contributed by atoms with Crippen LogP contribution in [-0.2, 0) is 11.2 Å². The van der Waals surface area contributed by atoms with E-state index in [9.17, 15) is 18.0 Å². The average molecular weight is 336 g/mol. The number of aryl methyl sites for hydroxylation is 1. The zero-order chi connectivity index (χ0) is 17.6. The van der Waals surface area contributed by atoms with Crippen molar-refractivity contribution in [1.82, 2.24) is 5.32 Å². The molecule has 2 rings (SSSR count). The molecule has 3 nitrogen and oxygen atoms in total. The first kappa shape index (κ1) is 18.0. The maximum absolute atomic E-state index is 13.2. The number of benzene rings is 2. The van der Waals surface area contributed by atoms with Crippen molar-refractivity contribution in [1.29, 1.82) is 0 Å². The van der Waals surface area contributed by atoms with Gasteiger partial charge in [0, 0.05) is 5.69 Å². The maximum atomic E-state index is 13.2. The minimum atomic E-state index is -4.48. The molecule has 0 bridgehead atoms. The topological polar surface area (TPSA) is 41.1 Å². The fourth-order valence-corrected chi connectivity index (χ4v) is 2.34. The molecule has 24 heavy (non-hydrogen) atoms. The molecule has 128 valence electrons. The summed E-state index contributed by atoms with van der Waals surface area (Å²) < 4.78 is 39.6. The number of hydrogen-bond donors (Lipinski definition) is 2. The van der Waals surface area contributed by atoms with E-state index in [0.29, 0.717) is 5.69 Å². The molecule has 1 unspecified atom stereocenters. The molecule has 0 spiro atoms. The van der Waals surface area contributed by atoms with Gasteiger partial charge in [-0.15, -0.1) is 0 Å². The van der Waals surface area contributed by atoms with Gasteiger partial charge in [0.25, 0.3) is 0 Å². The van der Waals surface area contributed by atoms with E-state index in [1.165, 1.54) is 24.3 Å². The van der Waals surface area contributed by atoms with E-state index in [0.717, 1.165) is 12.0 Å². The molecule has 0 radical (unpaired) electrons. The van der Waals surface area contributed by atoms with Crippen molar-refractivity contribution in [3.8, 4) is 0 Å². The van der Waals surface area contributed by atoms with Crippen LogP contribution >= 0.6 is 0 Å². The summed E-state index contributed by atoms with van der Waals surface area (Å²) in [4.78, 5) is 11.9. The van der Waals surface area contributed by atoms with Crippen LogP contribution in [0, 0.1) is 0 Å². The van der Waals surface area contributed by atoms with Crippen LogP contribution in [0.4, 0.5) is 18.9 Å². The number of halogens is 3. The molecule has 2 N–H and O–H groups in total. The molecule has 2 aromatic rings. The van der Waals surface area contributed by atoms with Gasteiger partial charge in [-0.05, 0) is 29.7 Å². The van der Waals surface area contributed by atoms with Crippen LogP contribution in [0.1, 0.15) is 24.1 Å². The fraction of sp³-hybridized carbons (Fsp3) is 0.278. The van der Waals surface area contributed by atoms with Crippen molar-refractivity contribution in [3.05, 3.63) is 65.7 Å². The van der Waals surface area contributed by atoms with E-state index < -0.39 is 24.7 Å². The van der Waals surface area contributed by atoms with Gasteiger partial charge in [0.2, 0.25) is 5.91 Å². The minimum absolute atomic E-state index is 0.0748. The van der Waals surface area contributed by atoms with Gasteiger partial charge in [-0.2, -0.15) is 13.2 Å². The highest BCUT2D eigenvalue weighted by atomic mass is 19.4. The summed E-state index contributed by atoms with van der Waals surface area (Å²) in [6.45, 7) is 1.55. The lowest BCUT2D eigenvalue weighted by atomic mass is 10.1. The Bertz CT molecular complexity index is 671. The molecule has 2 aromatic carbocycles. The molecular formula is C18H19F3N2O. The second-order valence-corrected chi connectivity index (χ2v) is 5.37. The van der Waals surface area contributed by atoms with Crippen molar-refractivity contribution in [2.45, 2.75) is 25.6 Å². The van der Waals surface area contributed by atoms with Gasteiger partial charge in [0.1, 0.15) is 6.04 Å². The largest absolute Gasteiger partial charge is 0.407 e. The predicted octanol–water partition coefficient (Wildman–Crippen LogP) is 4.08. The Hall–Kier alpha value is -2.34. The molecule has 0 aliphatic carbocycles. The van der Waals surface area contributed by atoms with Crippen molar-refractivity contribution in [2.75, 3.05) is 11.9 Å². The zero-order valence-corrected chi connectivity index (χ0v) is 13.2. The molecule has 0 saturated heterocycles. The third kappa shape index (κ3) is 5.09. The summed E-state index contributed by atoms with van der Waals surface area (Å²) in [6.07, 6.45) is -3.67. The van der Waals surface area contributed by atoms with Crippen LogP contribution in [0.2, 0.25) is 0 Å². The Kier molecular flexibility index (Phi) is 5.98. The van der Waals surface area contributed by atoms with Crippen LogP contribution < -0.4 is 10.6 Å². The van der Waals surface area contributed by atoms with Crippen molar-refractivity contribution >= 4 is 11.6 Å². The third-order valence-corrected chi connectivity index (χ3v) is 3.55. The lowest BCUT2D eigenvalue weighted by Gasteiger charge is -2.22. The lowest BCUT2D eigenvalue weighted by molar-refractivity contribution is -0.158. The van der Waals surface area contributed by atoms with Gasteiger partial charge in [-0.1, -0.05) is 49.4 Å². The molecule has 0 heterocycles. The minimum Gasteiger partial charge on any atom is -0.325 e. The molecule has 1 amide bonds. The summed E-state index contributed by atoms with van der Waals surface area (Å²) in [5.74, 6) is -0.520. The Morgan fingerprint density at radius 2 is 1.79 bits per heavy atom. The standard InChI is InChI=1S/C18H19F3N2O/c1-2-13-7-6-10-15(11-13)23-16(24)12-22-17(18(19,20)21)14-8-4-3-5-9-14/h3-11,17,22H,2,12H2,1H3,(H,23,24). The normalized spacial score (nSPS) is 12.7. The van der Waals surface area contributed by atoms with Crippen molar-refractivity contribution in [3.63, 3.8) is 0 Å². The van der Waals surface area contributed by atoms with Gasteiger partial charge >= 0.3 is 6.18 Å². The molecule has 1 atom stereocenters. The monoisotopic (exact) mass is 336 g/mol. The van der Waals surface area contributed by atoms with Crippen LogP contribution in [0.15, 0.2) is 54.6 Å². The highest BCUT2D eigenvalue weighted by Crippen LogP contribution is 2.32. The second kappa shape index (κ2) is 7.97. The van der Waals surface area contributed by atoms with Crippen LogP contribution in [0.5, 0.6) is 0 Å². The van der Waals surface area contributed by atoms with Crippen molar-refractivity contribution < 1.29 is 18.0 Å². The van der Waals surface area contributed by atoms with E-state index in [1.54, 1.807) is 24.3 Å². The Morgan fingerprint density at radius 1 is 1.08 bits per heavy atom. The van der Waals surface area contributed by atoms with Gasteiger partial charge < -0.3 is 5.32 Å². The smallest absolute Gasteiger partial charge is 0.325 e. The fourth-order valence-electron chi connectivity index (χ4n) is 2.34. The highest BCUT2D eigenvalue weighted by Gasteiger charge is 2.40. The van der Waals surface area contributed by atoms with E-state index in [4.69, 9.17) is 0 Å². The van der Waals surface area contributed by atoms with Gasteiger partial charge in [-0.3, -0.25) is 10.1 Å². The summed E-state index contributed by atoms with van der Waals surface area (Å²) in [5.41, 5.74) is 1.69. The number of carbonyl (C=O) groups excluding carboxylic acids is 1. The first-order chi connectivity index (χ1) is 11.4. The summed E-state index contributed by atoms with van der Waals surface area (Å²) in [6, 6.07) is 12.8. The predicted molar refractivity (Wildman–Crippen MR) is 87.7 cm³/mol. The summed E-state index contributed by atoms with van der Waals surface area (Å²) in [7, 11) is 0. The molecule has 0 aromatic heterocycles. The number of alkyl halides is 3. The number of nitrogens with one attached hydrogen (secondary N) is 2. The number of amides is 1. The van der Waals surface area contributed by atoms with E-state index in [2.05, 4.69) is 10.6 Å². The first-order valence-electron chi connectivity index (χ1n) is 7.64.